The summed E-state index contributed by atoms with van der Waals surface area (Å²) in [5, 5.41) is 16.7. The summed E-state index contributed by atoms with van der Waals surface area (Å²) in [5.41, 5.74) is 3.04. The number of nitrogens with zero attached hydrogens (tertiary/aromatic N) is 5. The van der Waals surface area contributed by atoms with E-state index in [9.17, 15) is 0 Å². The maximum Gasteiger partial charge on any atom is 0.148 e. The van der Waals surface area contributed by atoms with Crippen LogP contribution in [0.1, 0.15) is 31.2 Å². The van der Waals surface area contributed by atoms with Gasteiger partial charge in [-0.15, -0.1) is 10.2 Å². The molecule has 3 fully saturated rings. The fourth-order valence-corrected chi connectivity index (χ4v) is 6.99. The van der Waals surface area contributed by atoms with Gasteiger partial charge < -0.3 is 10.2 Å². The van der Waals surface area contributed by atoms with Gasteiger partial charge in [0.15, 0.2) is 0 Å². The highest BCUT2D eigenvalue weighted by Crippen LogP contribution is 2.46. The Bertz CT molecular complexity index is 929. The van der Waals surface area contributed by atoms with E-state index in [-0.39, 0.29) is 0 Å². The topological polar surface area (TPSA) is 58.9 Å². The molecule has 31 heavy (non-hydrogen) atoms. The molecule has 0 spiro atoms. The average Bonchev–Trinajstić information content (AvgIpc) is 3.56. The maximum absolute atomic E-state index is 4.44. The smallest absolute Gasteiger partial charge is 0.148 e. The van der Waals surface area contributed by atoms with Crippen LogP contribution in [0.2, 0.25) is 0 Å². The molecule has 6 rings (SSSR count). The van der Waals surface area contributed by atoms with Gasteiger partial charge in [-0.1, -0.05) is 12.2 Å². The number of aromatic nitrogens is 4. The molecule has 1 saturated heterocycles. The van der Waals surface area contributed by atoms with Gasteiger partial charge >= 0.3 is 0 Å². The van der Waals surface area contributed by atoms with E-state index in [1.165, 1.54) is 45.3 Å². The molecule has 0 amide bonds. The Morgan fingerprint density at radius 2 is 1.87 bits per heavy atom. The average molecular weight is 419 g/mol. The van der Waals surface area contributed by atoms with Crippen LogP contribution in [0, 0.1) is 42.4 Å². The van der Waals surface area contributed by atoms with Crippen molar-refractivity contribution in [1.82, 2.24) is 24.9 Å². The standard InChI is InChI=1S/C25H34N6/c1-16-11-27-30(2)25(16)23-5-6-24(29-28-23)26-12-18-9-21-14-31(15-22(21)10-18)13-20-8-17-3-4-19(20)7-17/h3-6,11,17-22H,7-10,12-15H2,1-2H3,(H,26,29)/t17?,18?,19?,20?,21-,22+. The number of likely N-dealkylation sites (tertiary alicyclic amines) is 1. The second kappa shape index (κ2) is 7.73. The lowest BCUT2D eigenvalue weighted by molar-refractivity contribution is 0.234. The van der Waals surface area contributed by atoms with Crippen LogP contribution in [0.15, 0.2) is 30.5 Å². The van der Waals surface area contributed by atoms with E-state index < -0.39 is 0 Å². The first kappa shape index (κ1) is 19.5. The van der Waals surface area contributed by atoms with Gasteiger partial charge in [0.05, 0.1) is 11.9 Å². The Hall–Kier alpha value is -2.21. The van der Waals surface area contributed by atoms with Crippen molar-refractivity contribution in [2.45, 2.75) is 32.6 Å². The summed E-state index contributed by atoms with van der Waals surface area (Å²) in [6.07, 6.45) is 12.5. The Kier molecular flexibility index (Phi) is 4.86. The van der Waals surface area contributed by atoms with Crippen LogP contribution in [0.5, 0.6) is 0 Å². The molecule has 0 aromatic carbocycles. The lowest BCUT2D eigenvalue weighted by Crippen LogP contribution is -2.30. The summed E-state index contributed by atoms with van der Waals surface area (Å²) in [7, 11) is 1.95. The molecule has 4 unspecified atom stereocenters. The molecule has 1 aliphatic heterocycles. The van der Waals surface area contributed by atoms with Gasteiger partial charge in [-0.25, -0.2) is 0 Å². The van der Waals surface area contributed by atoms with Crippen molar-refractivity contribution in [3.8, 4) is 11.4 Å². The summed E-state index contributed by atoms with van der Waals surface area (Å²) in [4.78, 5) is 2.79. The predicted octanol–water partition coefficient (Wildman–Crippen LogP) is 3.77. The van der Waals surface area contributed by atoms with Crippen LogP contribution in [0.25, 0.3) is 11.4 Å². The van der Waals surface area contributed by atoms with Crippen LogP contribution >= 0.6 is 0 Å². The second-order valence-corrected chi connectivity index (χ2v) is 10.6. The normalized spacial score (nSPS) is 34.0. The first-order valence-electron chi connectivity index (χ1n) is 12.1. The van der Waals surface area contributed by atoms with E-state index in [2.05, 4.69) is 50.7 Å². The van der Waals surface area contributed by atoms with Gasteiger partial charge in [-0.05, 0) is 85.8 Å². The molecule has 2 aromatic heterocycles. The highest BCUT2D eigenvalue weighted by atomic mass is 15.3. The molecule has 2 bridgehead atoms. The van der Waals surface area contributed by atoms with E-state index >= 15 is 0 Å². The molecule has 164 valence electrons. The molecule has 6 nitrogen and oxygen atoms in total. The molecular weight excluding hydrogens is 384 g/mol. The lowest BCUT2D eigenvalue weighted by Gasteiger charge is -2.26. The predicted molar refractivity (Wildman–Crippen MR) is 122 cm³/mol. The zero-order valence-electron chi connectivity index (χ0n) is 18.7. The number of allylic oxidation sites excluding steroid dienone is 2. The quantitative estimate of drug-likeness (QED) is 0.724. The number of nitrogens with one attached hydrogen (secondary N) is 1. The number of aryl methyl sites for hydroxylation is 2. The number of hydrogen-bond donors (Lipinski definition) is 1. The highest BCUT2D eigenvalue weighted by Gasteiger charge is 2.43. The number of anilines is 1. The lowest BCUT2D eigenvalue weighted by atomic mass is 9.93. The minimum Gasteiger partial charge on any atom is -0.368 e. The van der Waals surface area contributed by atoms with Gasteiger partial charge in [0.1, 0.15) is 11.5 Å². The Labute approximate surface area is 185 Å². The molecule has 1 N–H and O–H groups in total. The minimum atomic E-state index is 0.767. The van der Waals surface area contributed by atoms with Crippen molar-refractivity contribution < 1.29 is 0 Å². The first-order valence-corrected chi connectivity index (χ1v) is 12.1. The number of rotatable bonds is 6. The van der Waals surface area contributed by atoms with Crippen molar-refractivity contribution in [3.05, 3.63) is 36.0 Å². The highest BCUT2D eigenvalue weighted by molar-refractivity contribution is 5.59. The molecular formula is C25H34N6. The second-order valence-electron chi connectivity index (χ2n) is 10.6. The van der Waals surface area contributed by atoms with E-state index in [1.54, 1.807) is 0 Å². The van der Waals surface area contributed by atoms with Crippen LogP contribution in [0.3, 0.4) is 0 Å². The molecule has 0 radical (unpaired) electrons. The third-order valence-corrected chi connectivity index (χ3v) is 8.43. The molecule has 6 atom stereocenters. The van der Waals surface area contributed by atoms with Gasteiger partial charge in [0.2, 0.25) is 0 Å². The molecule has 6 heteroatoms. The Balaban J connectivity index is 0.984. The SMILES string of the molecule is Cc1cnn(C)c1-c1ccc(NCC2C[C@@H]3CN(CC4CC5C=CC4C5)C[C@@H]3C2)nn1. The van der Waals surface area contributed by atoms with Crippen molar-refractivity contribution in [2.75, 3.05) is 31.5 Å². The Morgan fingerprint density at radius 1 is 1.03 bits per heavy atom. The number of hydrogen-bond acceptors (Lipinski definition) is 5. The molecule has 2 aromatic rings. The zero-order chi connectivity index (χ0) is 20.9. The van der Waals surface area contributed by atoms with Gasteiger partial charge in [0.25, 0.3) is 0 Å². The molecule has 3 heterocycles. The minimum absolute atomic E-state index is 0.767. The molecule has 2 saturated carbocycles. The van der Waals surface area contributed by atoms with E-state index in [0.717, 1.165) is 64.8 Å². The summed E-state index contributed by atoms with van der Waals surface area (Å²) >= 11 is 0. The first-order chi connectivity index (χ1) is 15.1. The maximum atomic E-state index is 4.44. The molecule has 4 aliphatic rings. The van der Waals surface area contributed by atoms with Gasteiger partial charge in [0, 0.05) is 33.2 Å². The largest absolute Gasteiger partial charge is 0.368 e. The van der Waals surface area contributed by atoms with E-state index in [4.69, 9.17) is 0 Å². The van der Waals surface area contributed by atoms with Crippen molar-refractivity contribution in [2.24, 2.45) is 42.6 Å². The van der Waals surface area contributed by atoms with E-state index in [0.29, 0.717) is 0 Å². The van der Waals surface area contributed by atoms with Gasteiger partial charge in [-0.2, -0.15) is 5.10 Å². The summed E-state index contributed by atoms with van der Waals surface area (Å²) in [6, 6.07) is 4.10. The zero-order valence-corrected chi connectivity index (χ0v) is 18.7. The van der Waals surface area contributed by atoms with Gasteiger partial charge in [-0.3, -0.25) is 4.68 Å². The summed E-state index contributed by atoms with van der Waals surface area (Å²) < 4.78 is 1.86. The number of fused-ring (bicyclic) bond motifs is 3. The van der Waals surface area contributed by atoms with Crippen molar-refractivity contribution in [1.29, 1.82) is 0 Å². The van der Waals surface area contributed by atoms with Crippen LogP contribution in [0.4, 0.5) is 5.82 Å². The Morgan fingerprint density at radius 3 is 2.48 bits per heavy atom. The fourth-order valence-electron chi connectivity index (χ4n) is 6.99. The third-order valence-electron chi connectivity index (χ3n) is 8.43. The molecule has 3 aliphatic carbocycles. The van der Waals surface area contributed by atoms with Crippen LogP contribution in [-0.2, 0) is 7.05 Å². The van der Waals surface area contributed by atoms with Crippen molar-refractivity contribution >= 4 is 5.82 Å². The summed E-state index contributed by atoms with van der Waals surface area (Å²) in [5.74, 6) is 6.18. The summed E-state index contributed by atoms with van der Waals surface area (Å²) in [6.45, 7) is 7.08. The van der Waals surface area contributed by atoms with Crippen molar-refractivity contribution in [3.63, 3.8) is 0 Å². The monoisotopic (exact) mass is 418 g/mol. The van der Waals surface area contributed by atoms with E-state index in [1.807, 2.05) is 24.0 Å². The van der Waals surface area contributed by atoms with Crippen LogP contribution in [-0.4, -0.2) is 51.1 Å². The van der Waals surface area contributed by atoms with Crippen LogP contribution < -0.4 is 5.32 Å². The third kappa shape index (κ3) is 3.69. The fraction of sp³-hybridized carbons (Fsp3) is 0.640.